The largest absolute Gasteiger partial charge is 0.449 e. The second-order valence-electron chi connectivity index (χ2n) is 6.35. The molecule has 156 valence electrons. The number of nitro groups is 1. The number of fused-ring (bicyclic) bond motifs is 1. The smallest absolute Gasteiger partial charge is 0.375 e. The van der Waals surface area contributed by atoms with E-state index >= 15 is 0 Å². The van der Waals surface area contributed by atoms with Gasteiger partial charge in [0.25, 0.3) is 11.6 Å². The van der Waals surface area contributed by atoms with Crippen molar-refractivity contribution in [1.29, 1.82) is 0 Å². The van der Waals surface area contributed by atoms with Gasteiger partial charge in [0.2, 0.25) is 5.76 Å². The summed E-state index contributed by atoms with van der Waals surface area (Å²) in [7, 11) is 0. The molecule has 0 spiro atoms. The fourth-order valence-corrected chi connectivity index (χ4v) is 2.85. The molecule has 1 heterocycles. The summed E-state index contributed by atoms with van der Waals surface area (Å²) in [6.07, 6.45) is -1.22. The van der Waals surface area contributed by atoms with Crippen LogP contribution in [0.1, 0.15) is 30.0 Å². The van der Waals surface area contributed by atoms with E-state index in [9.17, 15) is 19.7 Å². The minimum atomic E-state index is -1.22. The minimum Gasteiger partial charge on any atom is -0.449 e. The number of carbonyl (C=O) groups excluding carboxylic acids is 2. The molecule has 0 bridgehead atoms. The molecule has 0 saturated carbocycles. The SMILES string of the molecule is CCOCc1c(C(=O)O[C@H](C)C(=O)Nc2ccccc2[N+](=O)[O-])oc2ccccc12. The lowest BCUT2D eigenvalue weighted by Crippen LogP contribution is -2.30. The second kappa shape index (κ2) is 9.19. The molecule has 2 aromatic carbocycles. The maximum atomic E-state index is 12.7. The molecular weight excluding hydrogens is 392 g/mol. The highest BCUT2D eigenvalue weighted by molar-refractivity contribution is 6.00. The number of rotatable bonds is 8. The number of para-hydroxylation sites is 3. The van der Waals surface area contributed by atoms with E-state index in [0.29, 0.717) is 17.8 Å². The maximum Gasteiger partial charge on any atom is 0.375 e. The fourth-order valence-electron chi connectivity index (χ4n) is 2.85. The molecule has 0 radical (unpaired) electrons. The summed E-state index contributed by atoms with van der Waals surface area (Å²) >= 11 is 0. The van der Waals surface area contributed by atoms with Crippen molar-refractivity contribution in [3.05, 3.63) is 70.0 Å². The van der Waals surface area contributed by atoms with Gasteiger partial charge in [0.15, 0.2) is 6.10 Å². The van der Waals surface area contributed by atoms with Gasteiger partial charge in [-0.05, 0) is 26.0 Å². The Morgan fingerprint density at radius 2 is 1.87 bits per heavy atom. The molecule has 0 aliphatic heterocycles. The first-order chi connectivity index (χ1) is 14.4. The lowest BCUT2D eigenvalue weighted by Gasteiger charge is -2.13. The van der Waals surface area contributed by atoms with E-state index in [2.05, 4.69) is 5.32 Å². The van der Waals surface area contributed by atoms with Gasteiger partial charge >= 0.3 is 5.97 Å². The van der Waals surface area contributed by atoms with Crippen molar-refractivity contribution < 1.29 is 28.4 Å². The molecule has 1 atom stereocenters. The van der Waals surface area contributed by atoms with E-state index in [1.807, 2.05) is 13.0 Å². The highest BCUT2D eigenvalue weighted by atomic mass is 16.6. The zero-order chi connectivity index (χ0) is 21.7. The van der Waals surface area contributed by atoms with E-state index in [0.717, 1.165) is 5.39 Å². The van der Waals surface area contributed by atoms with Crippen LogP contribution >= 0.6 is 0 Å². The molecule has 9 nitrogen and oxygen atoms in total. The molecule has 1 N–H and O–H groups in total. The van der Waals surface area contributed by atoms with Crippen LogP contribution in [-0.4, -0.2) is 29.5 Å². The van der Waals surface area contributed by atoms with E-state index < -0.39 is 22.9 Å². The zero-order valence-electron chi connectivity index (χ0n) is 16.4. The van der Waals surface area contributed by atoms with Gasteiger partial charge in [-0.15, -0.1) is 0 Å². The first-order valence-corrected chi connectivity index (χ1v) is 9.25. The number of nitrogens with zero attached hydrogens (tertiary/aromatic N) is 1. The Morgan fingerprint density at radius 1 is 1.17 bits per heavy atom. The number of hydrogen-bond donors (Lipinski definition) is 1. The lowest BCUT2D eigenvalue weighted by molar-refractivity contribution is -0.383. The summed E-state index contributed by atoms with van der Waals surface area (Å²) in [6, 6.07) is 12.8. The Bertz CT molecular complexity index is 1090. The van der Waals surface area contributed by atoms with Crippen molar-refractivity contribution in [2.24, 2.45) is 0 Å². The lowest BCUT2D eigenvalue weighted by atomic mass is 10.1. The molecule has 3 rings (SSSR count). The van der Waals surface area contributed by atoms with Gasteiger partial charge in [0.05, 0.1) is 11.5 Å². The van der Waals surface area contributed by atoms with Crippen LogP contribution < -0.4 is 5.32 Å². The van der Waals surface area contributed by atoms with E-state index in [-0.39, 0.29) is 23.7 Å². The Labute approximate surface area is 171 Å². The van der Waals surface area contributed by atoms with Crippen molar-refractivity contribution in [3.63, 3.8) is 0 Å². The number of benzene rings is 2. The quantitative estimate of drug-likeness (QED) is 0.336. The van der Waals surface area contributed by atoms with Crippen LogP contribution in [0.4, 0.5) is 11.4 Å². The summed E-state index contributed by atoms with van der Waals surface area (Å²) in [5, 5.41) is 14.2. The van der Waals surface area contributed by atoms with Gasteiger partial charge in [0.1, 0.15) is 11.3 Å². The zero-order valence-corrected chi connectivity index (χ0v) is 16.4. The van der Waals surface area contributed by atoms with Crippen LogP contribution in [0.25, 0.3) is 11.0 Å². The Hall–Kier alpha value is -3.72. The number of carbonyl (C=O) groups is 2. The normalized spacial score (nSPS) is 11.8. The van der Waals surface area contributed by atoms with Crippen molar-refractivity contribution in [2.75, 3.05) is 11.9 Å². The number of esters is 1. The van der Waals surface area contributed by atoms with Crippen molar-refractivity contribution in [1.82, 2.24) is 0 Å². The van der Waals surface area contributed by atoms with Crippen LogP contribution in [0.2, 0.25) is 0 Å². The molecule has 0 unspecified atom stereocenters. The van der Waals surface area contributed by atoms with Gasteiger partial charge in [0, 0.05) is 23.6 Å². The van der Waals surface area contributed by atoms with E-state index in [4.69, 9.17) is 13.9 Å². The first-order valence-electron chi connectivity index (χ1n) is 9.25. The summed E-state index contributed by atoms with van der Waals surface area (Å²) in [5.74, 6) is -1.58. The van der Waals surface area contributed by atoms with Crippen molar-refractivity contribution in [2.45, 2.75) is 26.6 Å². The minimum absolute atomic E-state index is 0.0103. The predicted octanol–water partition coefficient (Wildman–Crippen LogP) is 4.06. The van der Waals surface area contributed by atoms with Crippen LogP contribution in [0.3, 0.4) is 0 Å². The Morgan fingerprint density at radius 3 is 2.60 bits per heavy atom. The van der Waals surface area contributed by atoms with Crippen LogP contribution in [-0.2, 0) is 20.9 Å². The third kappa shape index (κ3) is 4.47. The van der Waals surface area contributed by atoms with Crippen LogP contribution in [0.5, 0.6) is 0 Å². The summed E-state index contributed by atoms with van der Waals surface area (Å²) in [4.78, 5) is 35.6. The Kier molecular flexibility index (Phi) is 6.43. The molecule has 0 saturated heterocycles. The number of nitrogens with one attached hydrogen (secondary N) is 1. The van der Waals surface area contributed by atoms with Crippen molar-refractivity contribution in [3.8, 4) is 0 Å². The number of amides is 1. The molecule has 0 aliphatic rings. The number of nitro benzene ring substituents is 1. The average molecular weight is 412 g/mol. The molecule has 9 heteroatoms. The van der Waals surface area contributed by atoms with Crippen LogP contribution in [0, 0.1) is 10.1 Å². The number of ether oxygens (including phenoxy) is 2. The summed E-state index contributed by atoms with van der Waals surface area (Å²) in [5.41, 5.74) is 0.775. The molecule has 0 fully saturated rings. The topological polar surface area (TPSA) is 121 Å². The van der Waals surface area contributed by atoms with Gasteiger partial charge in [-0.3, -0.25) is 14.9 Å². The third-order valence-electron chi connectivity index (χ3n) is 4.35. The number of furan rings is 1. The number of anilines is 1. The summed E-state index contributed by atoms with van der Waals surface area (Å²) in [6.45, 7) is 3.79. The van der Waals surface area contributed by atoms with Crippen molar-refractivity contribution >= 4 is 34.2 Å². The summed E-state index contributed by atoms with van der Waals surface area (Å²) < 4.78 is 16.3. The van der Waals surface area contributed by atoms with Gasteiger partial charge in [-0.1, -0.05) is 30.3 Å². The third-order valence-corrected chi connectivity index (χ3v) is 4.35. The van der Waals surface area contributed by atoms with Gasteiger partial charge in [-0.25, -0.2) is 4.79 Å². The second-order valence-corrected chi connectivity index (χ2v) is 6.35. The highest BCUT2D eigenvalue weighted by Gasteiger charge is 2.27. The Balaban J connectivity index is 1.77. The van der Waals surface area contributed by atoms with E-state index in [1.54, 1.807) is 24.3 Å². The highest BCUT2D eigenvalue weighted by Crippen LogP contribution is 2.28. The molecule has 30 heavy (non-hydrogen) atoms. The standard InChI is InChI=1S/C21H20N2O7/c1-3-28-12-15-14-8-4-7-11-18(14)30-19(15)21(25)29-13(2)20(24)22-16-9-5-6-10-17(16)23(26)27/h4-11,13H,3,12H2,1-2H3,(H,22,24)/t13-/m1/s1. The maximum absolute atomic E-state index is 12.7. The van der Waals surface area contributed by atoms with Gasteiger partial charge < -0.3 is 19.2 Å². The monoisotopic (exact) mass is 412 g/mol. The molecule has 1 aromatic heterocycles. The molecule has 0 aliphatic carbocycles. The van der Waals surface area contributed by atoms with E-state index in [1.165, 1.54) is 25.1 Å². The van der Waals surface area contributed by atoms with Gasteiger partial charge in [-0.2, -0.15) is 0 Å². The first kappa shape index (κ1) is 21.0. The molecule has 3 aromatic rings. The molecular formula is C21H20N2O7. The number of hydrogen-bond acceptors (Lipinski definition) is 7. The average Bonchev–Trinajstić information content (AvgIpc) is 3.11. The van der Waals surface area contributed by atoms with Crippen LogP contribution in [0.15, 0.2) is 52.9 Å². The molecule has 1 amide bonds. The predicted molar refractivity (Wildman–Crippen MR) is 108 cm³/mol. The fraction of sp³-hybridized carbons (Fsp3) is 0.238.